The quantitative estimate of drug-likeness (QED) is 0.322. The average molecular weight is 477 g/mol. The van der Waals surface area contributed by atoms with Crippen molar-refractivity contribution in [2.75, 3.05) is 19.6 Å². The summed E-state index contributed by atoms with van der Waals surface area (Å²) >= 11 is 0. The van der Waals surface area contributed by atoms with Gasteiger partial charge in [0.25, 0.3) is 5.56 Å². The predicted octanol–water partition coefficient (Wildman–Crippen LogP) is 3.10. The Morgan fingerprint density at radius 1 is 0.906 bits per heavy atom. The van der Waals surface area contributed by atoms with Crippen LogP contribution in [0.25, 0.3) is 22.0 Å². The van der Waals surface area contributed by atoms with E-state index in [1.807, 2.05) is 42.5 Å². The van der Waals surface area contributed by atoms with Crippen LogP contribution >= 0.6 is 24.8 Å². The van der Waals surface area contributed by atoms with Crippen LogP contribution in [0.2, 0.25) is 0 Å². The Bertz CT molecular complexity index is 1150. The van der Waals surface area contributed by atoms with Gasteiger partial charge in [-0.15, -0.1) is 24.8 Å². The zero-order valence-corrected chi connectivity index (χ0v) is 19.5. The molecule has 172 valence electrons. The second-order valence-corrected chi connectivity index (χ2v) is 7.85. The number of halogens is 2. The van der Waals surface area contributed by atoms with Gasteiger partial charge in [0.2, 0.25) is 0 Å². The smallest absolute Gasteiger partial charge is 0.258 e. The third-order valence-electron chi connectivity index (χ3n) is 5.78. The first-order chi connectivity index (χ1) is 14.6. The van der Waals surface area contributed by atoms with Gasteiger partial charge in [-0.2, -0.15) is 0 Å². The third-order valence-corrected chi connectivity index (χ3v) is 5.78. The molecule has 1 heterocycles. The lowest BCUT2D eigenvalue weighted by Gasteiger charge is -2.17. The summed E-state index contributed by atoms with van der Waals surface area (Å²) in [6, 6.07) is 15.0. The van der Waals surface area contributed by atoms with E-state index in [9.17, 15) is 9.59 Å². The first-order valence-electron chi connectivity index (χ1n) is 10.6. The van der Waals surface area contributed by atoms with Crippen LogP contribution < -0.4 is 22.3 Å². The number of nitrogens with one attached hydrogen (secondary N) is 1. The molecular formula is C24H30Cl2N4O2. The van der Waals surface area contributed by atoms with Gasteiger partial charge in [0.1, 0.15) is 0 Å². The summed E-state index contributed by atoms with van der Waals surface area (Å²) in [7, 11) is 0. The van der Waals surface area contributed by atoms with Gasteiger partial charge in [-0.05, 0) is 25.5 Å². The largest absolute Gasteiger partial charge is 0.330 e. The zero-order chi connectivity index (χ0) is 21.1. The second-order valence-electron chi connectivity index (χ2n) is 7.85. The van der Waals surface area contributed by atoms with Gasteiger partial charge >= 0.3 is 0 Å². The van der Waals surface area contributed by atoms with Gasteiger partial charge in [0, 0.05) is 47.6 Å². The molecule has 3 aromatic rings. The van der Waals surface area contributed by atoms with Gasteiger partial charge < -0.3 is 21.4 Å². The molecule has 0 spiro atoms. The SMILES string of the molecule is Cl.Cl.NCCCCC(N)CNCCn1c2c(c3ccccc3c1=O)C(=O)c1ccccc1-2. The number of ketones is 1. The Morgan fingerprint density at radius 3 is 2.28 bits per heavy atom. The highest BCUT2D eigenvalue weighted by Crippen LogP contribution is 2.38. The first-order valence-corrected chi connectivity index (χ1v) is 10.6. The fourth-order valence-corrected chi connectivity index (χ4v) is 4.27. The van der Waals surface area contributed by atoms with Crippen LogP contribution in [0, 0.1) is 0 Å². The van der Waals surface area contributed by atoms with Crippen molar-refractivity contribution in [2.45, 2.75) is 31.8 Å². The number of hydrogen-bond acceptors (Lipinski definition) is 5. The van der Waals surface area contributed by atoms with E-state index >= 15 is 0 Å². The van der Waals surface area contributed by atoms with Gasteiger partial charge in [0.15, 0.2) is 5.78 Å². The van der Waals surface area contributed by atoms with Crippen LogP contribution in [-0.2, 0) is 6.54 Å². The molecule has 32 heavy (non-hydrogen) atoms. The van der Waals surface area contributed by atoms with E-state index in [1.165, 1.54) is 0 Å². The van der Waals surface area contributed by atoms with Crippen LogP contribution in [0.3, 0.4) is 0 Å². The molecule has 0 amide bonds. The predicted molar refractivity (Wildman–Crippen MR) is 135 cm³/mol. The fourth-order valence-electron chi connectivity index (χ4n) is 4.27. The van der Waals surface area contributed by atoms with Crippen LogP contribution in [0.15, 0.2) is 53.3 Å². The Hall–Kier alpha value is -2.22. The number of nitrogens with two attached hydrogens (primary N) is 2. The van der Waals surface area contributed by atoms with Crippen molar-refractivity contribution in [2.24, 2.45) is 11.5 Å². The number of benzene rings is 2. The highest BCUT2D eigenvalue weighted by Gasteiger charge is 2.32. The summed E-state index contributed by atoms with van der Waals surface area (Å²) in [6.07, 6.45) is 2.94. The topological polar surface area (TPSA) is 103 Å². The standard InChI is InChI=1S/C24H28N4O2.2ClH/c25-12-6-5-7-16(26)15-27-13-14-28-22-18-9-2-3-10-19(18)23(29)21(22)17-8-1-4-11-20(17)24(28)30;;/h1-4,8-11,16,27H,5-7,12-15,25-26H2;2*1H. The van der Waals surface area contributed by atoms with Gasteiger partial charge in [0.05, 0.1) is 11.3 Å². The second kappa shape index (κ2) is 11.6. The lowest BCUT2D eigenvalue weighted by atomic mass is 10.0. The summed E-state index contributed by atoms with van der Waals surface area (Å²) in [5.74, 6) is -0.0135. The van der Waals surface area contributed by atoms with E-state index in [4.69, 9.17) is 11.5 Å². The number of carbonyl (C=O) groups excluding carboxylic acids is 1. The lowest BCUT2D eigenvalue weighted by Crippen LogP contribution is -2.36. The number of nitrogens with zero attached hydrogens (tertiary/aromatic N) is 1. The summed E-state index contributed by atoms with van der Waals surface area (Å²) in [5, 5.41) is 4.67. The minimum absolute atomic E-state index is 0. The molecule has 0 aliphatic heterocycles. The first kappa shape index (κ1) is 26.0. The number of unbranched alkanes of at least 4 members (excludes halogenated alkanes) is 1. The van der Waals surface area contributed by atoms with Crippen molar-refractivity contribution >= 4 is 41.4 Å². The van der Waals surface area contributed by atoms with Crippen LogP contribution in [0.1, 0.15) is 35.2 Å². The minimum Gasteiger partial charge on any atom is -0.330 e. The Kier molecular flexibility index (Phi) is 9.43. The van der Waals surface area contributed by atoms with Crippen molar-refractivity contribution in [3.05, 3.63) is 70.0 Å². The minimum atomic E-state index is -0.0668. The summed E-state index contributed by atoms with van der Waals surface area (Å²) in [5.41, 5.74) is 14.5. The molecule has 0 bridgehead atoms. The van der Waals surface area contributed by atoms with E-state index in [1.54, 1.807) is 10.6 Å². The van der Waals surface area contributed by atoms with Crippen molar-refractivity contribution < 1.29 is 4.79 Å². The average Bonchev–Trinajstić information content (AvgIpc) is 3.06. The Balaban J connectivity index is 0.00000181. The molecule has 1 atom stereocenters. The lowest BCUT2D eigenvalue weighted by molar-refractivity contribution is 0.104. The molecule has 2 aromatic carbocycles. The van der Waals surface area contributed by atoms with Crippen LogP contribution in [0.4, 0.5) is 0 Å². The molecule has 1 aliphatic carbocycles. The van der Waals surface area contributed by atoms with E-state index < -0.39 is 0 Å². The third kappa shape index (κ3) is 4.90. The van der Waals surface area contributed by atoms with E-state index in [0.717, 1.165) is 35.9 Å². The summed E-state index contributed by atoms with van der Waals surface area (Å²) in [6.45, 7) is 2.45. The molecule has 5 N–H and O–H groups in total. The van der Waals surface area contributed by atoms with Crippen molar-refractivity contribution in [1.82, 2.24) is 9.88 Å². The highest BCUT2D eigenvalue weighted by atomic mass is 35.5. The van der Waals surface area contributed by atoms with E-state index in [2.05, 4.69) is 5.32 Å². The molecule has 4 rings (SSSR count). The Labute approximate surface area is 200 Å². The maximum atomic E-state index is 13.3. The zero-order valence-electron chi connectivity index (χ0n) is 17.9. The number of rotatable bonds is 9. The molecule has 0 saturated heterocycles. The molecule has 1 aliphatic rings. The molecule has 0 radical (unpaired) electrons. The van der Waals surface area contributed by atoms with Crippen LogP contribution in [-0.4, -0.2) is 36.0 Å². The summed E-state index contributed by atoms with van der Waals surface area (Å²) in [4.78, 5) is 26.4. The van der Waals surface area contributed by atoms with Crippen molar-refractivity contribution in [3.8, 4) is 11.3 Å². The van der Waals surface area contributed by atoms with Crippen molar-refractivity contribution in [3.63, 3.8) is 0 Å². The van der Waals surface area contributed by atoms with Gasteiger partial charge in [-0.1, -0.05) is 48.9 Å². The van der Waals surface area contributed by atoms with E-state index in [-0.39, 0.29) is 42.2 Å². The monoisotopic (exact) mass is 476 g/mol. The van der Waals surface area contributed by atoms with Crippen molar-refractivity contribution in [1.29, 1.82) is 0 Å². The maximum absolute atomic E-state index is 13.3. The number of pyridine rings is 1. The highest BCUT2D eigenvalue weighted by molar-refractivity contribution is 6.26. The van der Waals surface area contributed by atoms with E-state index in [0.29, 0.717) is 42.7 Å². The van der Waals surface area contributed by atoms with Gasteiger partial charge in [-0.3, -0.25) is 9.59 Å². The molecule has 6 nitrogen and oxygen atoms in total. The number of hydrogen-bond donors (Lipinski definition) is 3. The molecule has 0 fully saturated rings. The molecular weight excluding hydrogens is 447 g/mol. The molecule has 0 saturated carbocycles. The molecule has 1 unspecified atom stereocenters. The number of fused-ring (bicyclic) bond motifs is 5. The Morgan fingerprint density at radius 2 is 1.56 bits per heavy atom. The van der Waals surface area contributed by atoms with Gasteiger partial charge in [-0.25, -0.2) is 0 Å². The normalized spacial score (nSPS) is 12.6. The molecule has 8 heteroatoms. The summed E-state index contributed by atoms with van der Waals surface area (Å²) < 4.78 is 1.74. The van der Waals surface area contributed by atoms with Crippen LogP contribution in [0.5, 0.6) is 0 Å². The molecule has 1 aromatic heterocycles. The fraction of sp³-hybridized carbons (Fsp3) is 0.333. The maximum Gasteiger partial charge on any atom is 0.258 e. The number of aromatic nitrogens is 1. The number of carbonyl (C=O) groups is 1.